The van der Waals surface area contributed by atoms with Gasteiger partial charge in [-0.3, -0.25) is 9.11 Å². The molecule has 0 amide bonds. The van der Waals surface area contributed by atoms with E-state index >= 15 is 0 Å². The van der Waals surface area contributed by atoms with Crippen LogP contribution in [-0.2, 0) is 19.3 Å². The third-order valence-electron chi connectivity index (χ3n) is 0.180. The van der Waals surface area contributed by atoms with Crippen LogP contribution in [0.4, 0.5) is 0 Å². The quantitative estimate of drug-likeness (QED) is 0.182. The van der Waals surface area contributed by atoms with E-state index in [-0.39, 0.29) is 31.0 Å². The Kier molecular flexibility index (Phi) is 5.79. The first-order valence-corrected chi connectivity index (χ1v) is 4.10. The normalized spacial score (nSPS) is 14.2. The van der Waals surface area contributed by atoms with Gasteiger partial charge in [0.2, 0.25) is 0 Å². The second-order valence-corrected chi connectivity index (χ2v) is 4.05. The molecule has 0 aromatic rings. The van der Waals surface area contributed by atoms with Crippen LogP contribution >= 0.6 is 0 Å². The van der Waals surface area contributed by atoms with Gasteiger partial charge in [-0.1, -0.05) is 0 Å². The van der Waals surface area contributed by atoms with Gasteiger partial charge in [-0.2, -0.15) is 8.42 Å². The van der Waals surface area contributed by atoms with Crippen LogP contribution in [0.2, 0.25) is 0 Å². The van der Waals surface area contributed by atoms with Gasteiger partial charge in [0.15, 0.2) is 0 Å². The van der Waals surface area contributed by atoms with Crippen LogP contribution in [0, 0.1) is 0 Å². The maximum atomic E-state index is 9.34. The van der Waals surface area contributed by atoms with Gasteiger partial charge in [0.05, 0.1) is 0 Å². The van der Waals surface area contributed by atoms with Crippen molar-refractivity contribution in [3.8, 4) is 0 Å². The van der Waals surface area contributed by atoms with Crippen molar-refractivity contribution in [2.75, 3.05) is 0 Å². The Balaban J connectivity index is -0.000000180. The summed E-state index contributed by atoms with van der Waals surface area (Å²) in [5.41, 5.74) is 0. The molecule has 46 valence electrons. The second kappa shape index (κ2) is 3.94. The Bertz CT molecular complexity index is 169. The second-order valence-electron chi connectivity index (χ2n) is 0.645. The maximum Gasteiger partial charge on any atom is 1.00 e. The van der Waals surface area contributed by atoms with Gasteiger partial charge in [0, 0.05) is 0 Å². The van der Waals surface area contributed by atoms with Gasteiger partial charge in [-0.05, 0) is 0 Å². The van der Waals surface area contributed by atoms with Crippen LogP contribution < -0.4 is 29.6 Å². The summed E-state index contributed by atoms with van der Waals surface area (Å²) in [5.74, 6) is 0. The molecule has 5 nitrogen and oxygen atoms in total. The fraction of sp³-hybridized carbons (Fsp3) is 0. The zero-order valence-corrected chi connectivity index (χ0v) is 7.57. The molecule has 0 spiro atoms. The van der Waals surface area contributed by atoms with Crippen LogP contribution in [0.25, 0.3) is 0 Å². The predicted octanol–water partition coefficient (Wildman–Crippen LogP) is -3.87. The van der Waals surface area contributed by atoms with Crippen molar-refractivity contribution in [3.05, 3.63) is 0 Å². The first-order chi connectivity index (χ1) is 2.94. The van der Waals surface area contributed by atoms with E-state index in [0.717, 1.165) is 0 Å². The van der Waals surface area contributed by atoms with Crippen LogP contribution in [0.1, 0.15) is 1.43 Å². The molecule has 0 fully saturated rings. The molecule has 0 heterocycles. The minimum absolute atomic E-state index is 0. The minimum Gasteiger partial charge on any atom is -1.00 e. The van der Waals surface area contributed by atoms with Gasteiger partial charge >= 0.3 is 48.8 Å². The van der Waals surface area contributed by atoms with Crippen molar-refractivity contribution < 1.29 is 52.7 Å². The fourth-order valence-electron chi connectivity index (χ4n) is 0. The number of rotatable bonds is 1. The van der Waals surface area contributed by atoms with E-state index in [1.54, 1.807) is 0 Å². The van der Waals surface area contributed by atoms with Gasteiger partial charge in [0.25, 0.3) is 0 Å². The van der Waals surface area contributed by atoms with E-state index in [9.17, 15) is 12.6 Å². The Morgan fingerprint density at radius 1 is 1.50 bits per heavy atom. The SMILES string of the molecule is O=S(O)S(=O)(=O)O.[H-].[Na+]. The summed E-state index contributed by atoms with van der Waals surface area (Å²) in [6.07, 6.45) is 0. The molecule has 0 saturated carbocycles. The minimum atomic E-state index is -4.71. The van der Waals surface area contributed by atoms with E-state index in [2.05, 4.69) is 0 Å². The third kappa shape index (κ3) is 5.16. The molecule has 0 saturated heterocycles. The topological polar surface area (TPSA) is 91.7 Å². The van der Waals surface area contributed by atoms with Crippen molar-refractivity contribution >= 4 is 19.3 Å². The van der Waals surface area contributed by atoms with Gasteiger partial charge < -0.3 is 1.43 Å². The summed E-state index contributed by atoms with van der Waals surface area (Å²) in [6.45, 7) is 0. The van der Waals surface area contributed by atoms with Crippen LogP contribution in [0.15, 0.2) is 0 Å². The molecule has 1 atom stereocenters. The zero-order valence-electron chi connectivity index (χ0n) is 4.94. The summed E-state index contributed by atoms with van der Waals surface area (Å²) >= 11 is 0. The Morgan fingerprint density at radius 2 is 1.62 bits per heavy atom. The van der Waals surface area contributed by atoms with Gasteiger partial charge in [-0.25, -0.2) is 4.21 Å². The molecule has 0 bridgehead atoms. The van der Waals surface area contributed by atoms with Crippen molar-refractivity contribution in [3.63, 3.8) is 0 Å². The standard InChI is InChI=1S/Na.H2O5S2.H/c;1-6(2)7(3,4)5;/h;(H,1,2)(H,3,4,5);/q+1;;-1. The van der Waals surface area contributed by atoms with Crippen molar-refractivity contribution in [2.45, 2.75) is 0 Å². The van der Waals surface area contributed by atoms with Gasteiger partial charge in [0.1, 0.15) is 0 Å². The van der Waals surface area contributed by atoms with Crippen LogP contribution in [0.3, 0.4) is 0 Å². The average Bonchev–Trinajstić information content (AvgIpc) is 1.31. The molecule has 8 heavy (non-hydrogen) atoms. The summed E-state index contributed by atoms with van der Waals surface area (Å²) in [5, 5.41) is 0. The van der Waals surface area contributed by atoms with Crippen molar-refractivity contribution in [1.29, 1.82) is 0 Å². The molecule has 0 aromatic carbocycles. The first kappa shape index (κ1) is 11.8. The molecule has 1 unspecified atom stereocenters. The molecule has 0 aliphatic heterocycles. The molecule has 8 heteroatoms. The predicted molar refractivity (Wildman–Crippen MR) is 23.4 cm³/mol. The number of hydrogen-bond donors (Lipinski definition) is 2. The van der Waals surface area contributed by atoms with E-state index < -0.39 is 19.3 Å². The van der Waals surface area contributed by atoms with Crippen molar-refractivity contribution in [2.24, 2.45) is 0 Å². The molecular formula is H3NaO5S2. The van der Waals surface area contributed by atoms with Crippen LogP contribution in [0.5, 0.6) is 0 Å². The maximum absolute atomic E-state index is 9.34. The van der Waals surface area contributed by atoms with E-state index in [1.807, 2.05) is 0 Å². The Morgan fingerprint density at radius 3 is 1.62 bits per heavy atom. The average molecular weight is 170 g/mol. The monoisotopic (exact) mass is 170 g/mol. The summed E-state index contributed by atoms with van der Waals surface area (Å²) in [6, 6.07) is 0. The summed E-state index contributed by atoms with van der Waals surface area (Å²) in [4.78, 5) is 0. The largest absolute Gasteiger partial charge is 1.00 e. The third-order valence-corrected chi connectivity index (χ3v) is 1.62. The molecule has 0 radical (unpaired) electrons. The summed E-state index contributed by atoms with van der Waals surface area (Å²) in [7, 11) is -7.87. The first-order valence-electron chi connectivity index (χ1n) is 1.03. The smallest absolute Gasteiger partial charge is 1.00 e. The molecule has 0 rings (SSSR count). The fourth-order valence-corrected chi connectivity index (χ4v) is 0. The van der Waals surface area contributed by atoms with E-state index in [0.29, 0.717) is 0 Å². The molecule has 0 aliphatic rings. The molecule has 2 N–H and O–H groups in total. The van der Waals surface area contributed by atoms with Crippen molar-refractivity contribution in [1.82, 2.24) is 0 Å². The Labute approximate surface area is 71.7 Å². The van der Waals surface area contributed by atoms with E-state index in [4.69, 9.17) is 9.11 Å². The summed E-state index contributed by atoms with van der Waals surface area (Å²) < 4.78 is 43.0. The zero-order chi connectivity index (χ0) is 6.08. The molecule has 0 aliphatic carbocycles. The Hall–Kier alpha value is 1.02. The van der Waals surface area contributed by atoms with E-state index in [1.165, 1.54) is 0 Å². The van der Waals surface area contributed by atoms with Crippen LogP contribution in [-0.4, -0.2) is 21.7 Å². The molecule has 0 aromatic heterocycles. The van der Waals surface area contributed by atoms with Gasteiger partial charge in [-0.15, -0.1) is 0 Å². The number of hydrogen-bond acceptors (Lipinski definition) is 3. The molecular weight excluding hydrogens is 167 g/mol.